The predicted molar refractivity (Wildman–Crippen MR) is 83.0 cm³/mol. The van der Waals surface area contributed by atoms with Gasteiger partial charge in [0, 0.05) is 18.7 Å². The number of rotatable bonds is 6. The van der Waals surface area contributed by atoms with Gasteiger partial charge in [-0.25, -0.2) is 5.84 Å². The Morgan fingerprint density at radius 2 is 2.19 bits per heavy atom. The van der Waals surface area contributed by atoms with E-state index in [2.05, 4.69) is 17.2 Å². The molecule has 116 valence electrons. The smallest absolute Gasteiger partial charge is 0.265 e. The van der Waals surface area contributed by atoms with Crippen LogP contribution in [-0.4, -0.2) is 37.0 Å². The summed E-state index contributed by atoms with van der Waals surface area (Å²) in [5.41, 5.74) is 2.64. The zero-order valence-corrected chi connectivity index (χ0v) is 12.7. The van der Waals surface area contributed by atoms with Crippen molar-refractivity contribution in [3.05, 3.63) is 29.8 Å². The fraction of sp³-hybridized carbons (Fsp3) is 0.562. The van der Waals surface area contributed by atoms with Gasteiger partial charge in [0.15, 0.2) is 0 Å². The summed E-state index contributed by atoms with van der Waals surface area (Å²) in [5, 5.41) is 0. The Kier molecular flexibility index (Phi) is 6.02. The number of likely N-dealkylation sites (tertiary alicyclic amines) is 1. The van der Waals surface area contributed by atoms with E-state index in [1.54, 1.807) is 24.3 Å². The van der Waals surface area contributed by atoms with Crippen LogP contribution in [0.25, 0.3) is 0 Å². The van der Waals surface area contributed by atoms with E-state index in [-0.39, 0.29) is 5.91 Å². The summed E-state index contributed by atoms with van der Waals surface area (Å²) in [4.78, 5) is 13.8. The molecule has 0 aliphatic carbocycles. The van der Waals surface area contributed by atoms with Crippen molar-refractivity contribution in [1.29, 1.82) is 0 Å². The first kappa shape index (κ1) is 15.8. The molecule has 21 heavy (non-hydrogen) atoms. The molecule has 5 nitrogen and oxygen atoms in total. The zero-order valence-electron chi connectivity index (χ0n) is 12.7. The van der Waals surface area contributed by atoms with Crippen molar-refractivity contribution in [2.24, 2.45) is 11.8 Å². The van der Waals surface area contributed by atoms with Gasteiger partial charge in [-0.1, -0.05) is 13.3 Å². The fourth-order valence-electron chi connectivity index (χ4n) is 2.77. The van der Waals surface area contributed by atoms with Gasteiger partial charge in [-0.3, -0.25) is 15.1 Å². The highest BCUT2D eigenvalue weighted by molar-refractivity contribution is 5.93. The SMILES string of the molecule is CCC1CCCN(CCOc2ccc(C(=O)NN)cc2)C1. The number of ether oxygens (including phenoxy) is 1. The first-order chi connectivity index (χ1) is 10.2. The molecule has 2 rings (SSSR count). The lowest BCUT2D eigenvalue weighted by molar-refractivity contribution is 0.0953. The van der Waals surface area contributed by atoms with Gasteiger partial charge >= 0.3 is 0 Å². The van der Waals surface area contributed by atoms with Crippen molar-refractivity contribution in [2.75, 3.05) is 26.2 Å². The highest BCUT2D eigenvalue weighted by Crippen LogP contribution is 2.19. The van der Waals surface area contributed by atoms with Crippen LogP contribution < -0.4 is 16.0 Å². The van der Waals surface area contributed by atoms with Gasteiger partial charge in [0.25, 0.3) is 5.91 Å². The van der Waals surface area contributed by atoms with E-state index in [0.29, 0.717) is 12.2 Å². The molecule has 3 N–H and O–H groups in total. The molecule has 1 aromatic rings. The molecule has 0 saturated carbocycles. The maximum absolute atomic E-state index is 11.3. The molecule has 1 saturated heterocycles. The first-order valence-electron chi connectivity index (χ1n) is 7.69. The van der Waals surface area contributed by atoms with Gasteiger partial charge < -0.3 is 4.74 Å². The molecule has 1 heterocycles. The third kappa shape index (κ3) is 4.72. The molecule has 1 fully saturated rings. The molecule has 0 aromatic heterocycles. The number of carbonyl (C=O) groups is 1. The highest BCUT2D eigenvalue weighted by atomic mass is 16.5. The molecule has 5 heteroatoms. The van der Waals surface area contributed by atoms with Crippen LogP contribution in [0.15, 0.2) is 24.3 Å². The quantitative estimate of drug-likeness (QED) is 0.476. The van der Waals surface area contributed by atoms with Crippen molar-refractivity contribution in [2.45, 2.75) is 26.2 Å². The molecule has 1 aromatic carbocycles. The Morgan fingerprint density at radius 1 is 1.43 bits per heavy atom. The van der Waals surface area contributed by atoms with Crippen LogP contribution in [0.1, 0.15) is 36.5 Å². The van der Waals surface area contributed by atoms with Gasteiger partial charge in [-0.2, -0.15) is 0 Å². The van der Waals surface area contributed by atoms with Crippen molar-refractivity contribution in [3.8, 4) is 5.75 Å². The Balaban J connectivity index is 1.74. The van der Waals surface area contributed by atoms with E-state index in [0.717, 1.165) is 18.2 Å². The first-order valence-corrected chi connectivity index (χ1v) is 7.69. The lowest BCUT2D eigenvalue weighted by Crippen LogP contribution is -2.37. The Labute approximate surface area is 126 Å². The van der Waals surface area contributed by atoms with Crippen LogP contribution in [0.3, 0.4) is 0 Å². The summed E-state index contributed by atoms with van der Waals surface area (Å²) in [6.45, 7) is 6.27. The lowest BCUT2D eigenvalue weighted by atomic mass is 9.96. The molecule has 0 spiro atoms. The molecular weight excluding hydrogens is 266 g/mol. The largest absolute Gasteiger partial charge is 0.492 e. The van der Waals surface area contributed by atoms with Crippen LogP contribution in [0, 0.1) is 5.92 Å². The molecule has 1 amide bonds. The van der Waals surface area contributed by atoms with Crippen molar-refractivity contribution < 1.29 is 9.53 Å². The Bertz CT molecular complexity index is 447. The summed E-state index contributed by atoms with van der Waals surface area (Å²) in [6, 6.07) is 7.03. The summed E-state index contributed by atoms with van der Waals surface area (Å²) in [6.07, 6.45) is 3.92. The number of nitrogens with two attached hydrogens (primary N) is 1. The maximum atomic E-state index is 11.3. The normalized spacial score (nSPS) is 19.2. The van der Waals surface area contributed by atoms with E-state index in [1.165, 1.54) is 32.4 Å². The van der Waals surface area contributed by atoms with Crippen molar-refractivity contribution in [3.63, 3.8) is 0 Å². The van der Waals surface area contributed by atoms with Gasteiger partial charge in [0.1, 0.15) is 12.4 Å². The van der Waals surface area contributed by atoms with Crippen LogP contribution in [0.4, 0.5) is 0 Å². The number of benzene rings is 1. The summed E-state index contributed by atoms with van der Waals surface area (Å²) in [7, 11) is 0. The number of amides is 1. The Hall–Kier alpha value is -1.59. The second-order valence-corrected chi connectivity index (χ2v) is 5.56. The summed E-state index contributed by atoms with van der Waals surface area (Å²) >= 11 is 0. The number of nitrogen functional groups attached to an aromatic ring is 1. The summed E-state index contributed by atoms with van der Waals surface area (Å²) < 4.78 is 5.74. The number of piperidine rings is 1. The number of nitrogens with one attached hydrogen (secondary N) is 1. The van der Waals surface area contributed by atoms with Crippen molar-refractivity contribution >= 4 is 5.91 Å². The molecule has 0 bridgehead atoms. The van der Waals surface area contributed by atoms with Gasteiger partial charge in [-0.05, 0) is 49.6 Å². The van der Waals surface area contributed by atoms with E-state index in [9.17, 15) is 4.79 Å². The number of nitrogens with zero attached hydrogens (tertiary/aromatic N) is 1. The number of hydrogen-bond acceptors (Lipinski definition) is 4. The van der Waals surface area contributed by atoms with Gasteiger partial charge in [0.05, 0.1) is 0 Å². The van der Waals surface area contributed by atoms with E-state index in [1.807, 2.05) is 0 Å². The lowest BCUT2D eigenvalue weighted by Gasteiger charge is -2.32. The minimum Gasteiger partial charge on any atom is -0.492 e. The molecular formula is C16H25N3O2. The highest BCUT2D eigenvalue weighted by Gasteiger charge is 2.17. The van der Waals surface area contributed by atoms with Crippen LogP contribution >= 0.6 is 0 Å². The van der Waals surface area contributed by atoms with Crippen LogP contribution in [-0.2, 0) is 0 Å². The minimum atomic E-state index is -0.291. The third-order valence-corrected chi connectivity index (χ3v) is 4.10. The zero-order chi connectivity index (χ0) is 15.1. The second-order valence-electron chi connectivity index (χ2n) is 5.56. The molecule has 1 atom stereocenters. The molecule has 0 radical (unpaired) electrons. The maximum Gasteiger partial charge on any atom is 0.265 e. The number of carbonyl (C=O) groups excluding carboxylic acids is 1. The standard InChI is InChI=1S/C16H25N3O2/c1-2-13-4-3-9-19(12-13)10-11-21-15-7-5-14(6-8-15)16(20)18-17/h5-8,13H,2-4,9-12,17H2,1H3,(H,18,20). The van der Waals surface area contributed by atoms with E-state index in [4.69, 9.17) is 10.6 Å². The molecule has 1 aliphatic rings. The van der Waals surface area contributed by atoms with Crippen LogP contribution in [0.5, 0.6) is 5.75 Å². The summed E-state index contributed by atoms with van der Waals surface area (Å²) in [5.74, 6) is 6.43. The van der Waals surface area contributed by atoms with E-state index >= 15 is 0 Å². The minimum absolute atomic E-state index is 0.291. The van der Waals surface area contributed by atoms with E-state index < -0.39 is 0 Å². The fourth-order valence-corrected chi connectivity index (χ4v) is 2.77. The molecule has 1 unspecified atom stereocenters. The van der Waals surface area contributed by atoms with Crippen LogP contribution in [0.2, 0.25) is 0 Å². The van der Waals surface area contributed by atoms with Crippen molar-refractivity contribution in [1.82, 2.24) is 10.3 Å². The Morgan fingerprint density at radius 3 is 2.86 bits per heavy atom. The predicted octanol–water partition coefficient (Wildman–Crippen LogP) is 1.79. The number of hydrazine groups is 1. The third-order valence-electron chi connectivity index (χ3n) is 4.10. The topological polar surface area (TPSA) is 67.6 Å². The van der Waals surface area contributed by atoms with Gasteiger partial charge in [0.2, 0.25) is 0 Å². The average molecular weight is 291 g/mol. The second kappa shape index (κ2) is 8.00. The molecule has 1 aliphatic heterocycles. The number of hydrogen-bond donors (Lipinski definition) is 2. The van der Waals surface area contributed by atoms with Gasteiger partial charge in [-0.15, -0.1) is 0 Å². The monoisotopic (exact) mass is 291 g/mol. The average Bonchev–Trinajstić information content (AvgIpc) is 2.55.